The highest BCUT2D eigenvalue weighted by Gasteiger charge is 2.27. The molecule has 1 aromatic carbocycles. The highest BCUT2D eigenvalue weighted by Crippen LogP contribution is 2.37. The summed E-state index contributed by atoms with van der Waals surface area (Å²) >= 11 is 5.76. The van der Waals surface area contributed by atoms with Crippen LogP contribution in [0, 0.1) is 0 Å². The minimum Gasteiger partial charge on any atom is -0.506 e. The van der Waals surface area contributed by atoms with Gasteiger partial charge in [-0.3, -0.25) is 4.79 Å². The van der Waals surface area contributed by atoms with Gasteiger partial charge >= 0.3 is 5.97 Å². The third-order valence-corrected chi connectivity index (χ3v) is 2.61. The highest BCUT2D eigenvalue weighted by molar-refractivity contribution is 6.32. The molecule has 1 aromatic rings. The lowest BCUT2D eigenvalue weighted by Crippen LogP contribution is -2.21. The number of hydrogen-bond donors (Lipinski definition) is 2. The SMILES string of the molecule is CC(C)(CC(=O)O)c1cccc(Cl)c1O. The quantitative estimate of drug-likeness (QED) is 0.837. The van der Waals surface area contributed by atoms with E-state index >= 15 is 0 Å². The van der Waals surface area contributed by atoms with E-state index in [2.05, 4.69) is 0 Å². The van der Waals surface area contributed by atoms with Crippen LogP contribution < -0.4 is 0 Å². The van der Waals surface area contributed by atoms with Crippen molar-refractivity contribution in [2.45, 2.75) is 25.7 Å². The molecule has 0 aromatic heterocycles. The maximum Gasteiger partial charge on any atom is 0.304 e. The van der Waals surface area contributed by atoms with Crippen LogP contribution in [0.3, 0.4) is 0 Å². The minimum absolute atomic E-state index is 0.0367. The van der Waals surface area contributed by atoms with Crippen LogP contribution in [-0.2, 0) is 10.2 Å². The molecule has 0 bridgehead atoms. The first kappa shape index (κ1) is 11.9. The summed E-state index contributed by atoms with van der Waals surface area (Å²) in [6.07, 6.45) is -0.0547. The van der Waals surface area contributed by atoms with E-state index in [4.69, 9.17) is 16.7 Å². The zero-order chi connectivity index (χ0) is 11.6. The molecule has 0 aliphatic rings. The van der Waals surface area contributed by atoms with E-state index in [9.17, 15) is 9.90 Å². The molecular weight excluding hydrogens is 216 g/mol. The summed E-state index contributed by atoms with van der Waals surface area (Å²) in [6, 6.07) is 4.95. The fourth-order valence-electron chi connectivity index (χ4n) is 1.53. The van der Waals surface area contributed by atoms with Crippen molar-refractivity contribution < 1.29 is 15.0 Å². The van der Waals surface area contributed by atoms with E-state index in [0.29, 0.717) is 5.56 Å². The van der Waals surface area contributed by atoms with Gasteiger partial charge in [-0.25, -0.2) is 0 Å². The topological polar surface area (TPSA) is 57.5 Å². The van der Waals surface area contributed by atoms with Crippen LogP contribution >= 0.6 is 11.6 Å². The molecule has 0 aliphatic carbocycles. The molecule has 2 N–H and O–H groups in total. The Labute approximate surface area is 93.3 Å². The number of halogens is 1. The van der Waals surface area contributed by atoms with Gasteiger partial charge in [-0.05, 0) is 6.07 Å². The lowest BCUT2D eigenvalue weighted by Gasteiger charge is -2.24. The van der Waals surface area contributed by atoms with E-state index in [0.717, 1.165) is 0 Å². The van der Waals surface area contributed by atoms with Gasteiger partial charge < -0.3 is 10.2 Å². The molecule has 0 aliphatic heterocycles. The van der Waals surface area contributed by atoms with Gasteiger partial charge in [0.05, 0.1) is 11.4 Å². The van der Waals surface area contributed by atoms with E-state index in [1.165, 1.54) is 0 Å². The monoisotopic (exact) mass is 228 g/mol. The van der Waals surface area contributed by atoms with E-state index in [-0.39, 0.29) is 17.2 Å². The number of rotatable bonds is 3. The van der Waals surface area contributed by atoms with Crippen LogP contribution in [-0.4, -0.2) is 16.2 Å². The Bertz CT molecular complexity index is 385. The Morgan fingerprint density at radius 3 is 2.60 bits per heavy atom. The summed E-state index contributed by atoms with van der Waals surface area (Å²) in [5.74, 6) is -0.940. The van der Waals surface area contributed by atoms with E-state index in [1.807, 2.05) is 0 Å². The summed E-state index contributed by atoms with van der Waals surface area (Å²) < 4.78 is 0. The maximum atomic E-state index is 10.7. The predicted molar refractivity (Wildman–Crippen MR) is 58.4 cm³/mol. The number of benzene rings is 1. The molecule has 1 rings (SSSR count). The van der Waals surface area contributed by atoms with Crippen LogP contribution in [0.2, 0.25) is 5.02 Å². The summed E-state index contributed by atoms with van der Waals surface area (Å²) in [6.45, 7) is 3.51. The van der Waals surface area contributed by atoms with E-state index < -0.39 is 11.4 Å². The molecule has 0 amide bonds. The fourth-order valence-corrected chi connectivity index (χ4v) is 1.71. The number of phenolic OH excluding ortho intramolecular Hbond substituents is 1. The van der Waals surface area contributed by atoms with Crippen molar-refractivity contribution in [1.29, 1.82) is 0 Å². The Morgan fingerprint density at radius 1 is 1.47 bits per heavy atom. The van der Waals surface area contributed by atoms with Gasteiger partial charge in [-0.15, -0.1) is 0 Å². The van der Waals surface area contributed by atoms with Crippen molar-refractivity contribution in [2.75, 3.05) is 0 Å². The normalized spacial score (nSPS) is 11.4. The molecule has 0 saturated carbocycles. The van der Waals surface area contributed by atoms with Crippen molar-refractivity contribution in [1.82, 2.24) is 0 Å². The van der Waals surface area contributed by atoms with Crippen molar-refractivity contribution in [3.05, 3.63) is 28.8 Å². The van der Waals surface area contributed by atoms with Crippen LogP contribution in [0.4, 0.5) is 0 Å². The van der Waals surface area contributed by atoms with Crippen LogP contribution in [0.1, 0.15) is 25.8 Å². The largest absolute Gasteiger partial charge is 0.506 e. The number of carboxylic acid groups (broad SMARTS) is 1. The molecule has 15 heavy (non-hydrogen) atoms. The number of carbonyl (C=O) groups is 1. The van der Waals surface area contributed by atoms with Crippen LogP contribution in [0.25, 0.3) is 0 Å². The molecule has 0 atom stereocenters. The zero-order valence-electron chi connectivity index (χ0n) is 8.62. The van der Waals surface area contributed by atoms with Crippen molar-refractivity contribution in [3.63, 3.8) is 0 Å². The molecule has 0 unspecified atom stereocenters. The number of aliphatic carboxylic acids is 1. The van der Waals surface area contributed by atoms with Crippen molar-refractivity contribution in [2.24, 2.45) is 0 Å². The second-order valence-electron chi connectivity index (χ2n) is 4.09. The maximum absolute atomic E-state index is 10.7. The first-order valence-electron chi connectivity index (χ1n) is 4.54. The molecular formula is C11H13ClO3. The lowest BCUT2D eigenvalue weighted by atomic mass is 9.81. The van der Waals surface area contributed by atoms with E-state index in [1.54, 1.807) is 32.0 Å². The Balaban J connectivity index is 3.14. The molecule has 0 saturated heterocycles. The molecule has 3 nitrogen and oxygen atoms in total. The zero-order valence-corrected chi connectivity index (χ0v) is 9.38. The van der Waals surface area contributed by atoms with Gasteiger partial charge in [0.2, 0.25) is 0 Å². The summed E-state index contributed by atoms with van der Waals surface area (Å²) in [7, 11) is 0. The van der Waals surface area contributed by atoms with Gasteiger partial charge in [-0.2, -0.15) is 0 Å². The predicted octanol–water partition coefficient (Wildman–Crippen LogP) is 2.80. The molecule has 82 valence electrons. The van der Waals surface area contributed by atoms with Gasteiger partial charge in [0, 0.05) is 11.0 Å². The summed E-state index contributed by atoms with van der Waals surface area (Å²) in [4.78, 5) is 10.7. The van der Waals surface area contributed by atoms with Gasteiger partial charge in [-0.1, -0.05) is 37.6 Å². The summed E-state index contributed by atoms with van der Waals surface area (Å²) in [5, 5.41) is 18.7. The molecule has 0 fully saturated rings. The van der Waals surface area contributed by atoms with Gasteiger partial charge in [0.25, 0.3) is 0 Å². The first-order chi connectivity index (χ1) is 6.84. The smallest absolute Gasteiger partial charge is 0.304 e. The first-order valence-corrected chi connectivity index (χ1v) is 4.92. The fraction of sp³-hybridized carbons (Fsp3) is 0.364. The second-order valence-corrected chi connectivity index (χ2v) is 4.50. The average molecular weight is 229 g/mol. The number of hydrogen-bond acceptors (Lipinski definition) is 2. The number of carboxylic acids is 1. The van der Waals surface area contributed by atoms with Crippen molar-refractivity contribution in [3.8, 4) is 5.75 Å². The Morgan fingerprint density at radius 2 is 2.07 bits per heavy atom. The third-order valence-electron chi connectivity index (χ3n) is 2.31. The average Bonchev–Trinajstić information content (AvgIpc) is 2.07. The number of phenols is 1. The lowest BCUT2D eigenvalue weighted by molar-refractivity contribution is -0.138. The second kappa shape index (κ2) is 4.11. The standard InChI is InChI=1S/C11H13ClO3/c1-11(2,6-9(13)14)7-4-3-5-8(12)10(7)15/h3-5,15H,6H2,1-2H3,(H,13,14). The molecule has 0 radical (unpaired) electrons. The van der Waals surface area contributed by atoms with Crippen LogP contribution in [0.5, 0.6) is 5.75 Å². The Kier molecular flexibility index (Phi) is 3.25. The van der Waals surface area contributed by atoms with Gasteiger partial charge in [0.1, 0.15) is 5.75 Å². The van der Waals surface area contributed by atoms with Gasteiger partial charge in [0.15, 0.2) is 0 Å². The Hall–Kier alpha value is -1.22. The summed E-state index contributed by atoms with van der Waals surface area (Å²) in [5.41, 5.74) is -0.0849. The third kappa shape index (κ3) is 2.63. The molecule has 0 spiro atoms. The number of para-hydroxylation sites is 1. The molecule has 0 heterocycles. The molecule has 4 heteroatoms. The van der Waals surface area contributed by atoms with Crippen LogP contribution in [0.15, 0.2) is 18.2 Å². The minimum atomic E-state index is -0.903. The van der Waals surface area contributed by atoms with Crippen molar-refractivity contribution >= 4 is 17.6 Å². The number of aromatic hydroxyl groups is 1. The highest BCUT2D eigenvalue weighted by atomic mass is 35.5.